The van der Waals surface area contributed by atoms with E-state index >= 15 is 0 Å². The van der Waals surface area contributed by atoms with Gasteiger partial charge in [0.05, 0.1) is 50.2 Å². The monoisotopic (exact) mass is 563 g/mol. The molecule has 0 saturated heterocycles. The molecule has 0 aliphatic rings. The summed E-state index contributed by atoms with van der Waals surface area (Å²) < 4.78 is 23.9. The first kappa shape index (κ1) is 25.8. The van der Waals surface area contributed by atoms with Crippen LogP contribution in [0.5, 0.6) is 11.5 Å². The molecule has 0 heterocycles. The molecule has 1 radical (unpaired) electrons. The van der Waals surface area contributed by atoms with E-state index in [-0.39, 0.29) is 58.6 Å². The SMILES string of the molecule is COc1cccc(OC)c1C(=O)[P](=O)c1ccccc1C(=O)c1c(Cl)c(Cl)c(Cl)c(Cl)c1Cl. The van der Waals surface area contributed by atoms with Crippen molar-refractivity contribution in [3.8, 4) is 11.5 Å². The lowest BCUT2D eigenvalue weighted by Crippen LogP contribution is -2.17. The number of methoxy groups -OCH3 is 2. The van der Waals surface area contributed by atoms with Crippen LogP contribution >= 0.6 is 65.8 Å². The van der Waals surface area contributed by atoms with Gasteiger partial charge in [0, 0.05) is 5.56 Å². The second-order valence-electron chi connectivity index (χ2n) is 6.43. The van der Waals surface area contributed by atoms with Gasteiger partial charge in [-0.3, -0.25) is 14.2 Å². The Kier molecular flexibility index (Phi) is 8.28. The molecule has 3 aromatic carbocycles. The molecule has 11 heteroatoms. The van der Waals surface area contributed by atoms with Gasteiger partial charge in [0.25, 0.3) is 5.52 Å². The van der Waals surface area contributed by atoms with Crippen LogP contribution < -0.4 is 14.8 Å². The van der Waals surface area contributed by atoms with Gasteiger partial charge in [-0.25, -0.2) is 0 Å². The molecule has 0 aliphatic heterocycles. The fraction of sp³-hybridized carbons (Fsp3) is 0.0909. The van der Waals surface area contributed by atoms with Gasteiger partial charge in [0.15, 0.2) is 13.6 Å². The Balaban J connectivity index is 2.16. The molecule has 33 heavy (non-hydrogen) atoms. The average molecular weight is 566 g/mol. The van der Waals surface area contributed by atoms with Crippen LogP contribution in [0.2, 0.25) is 25.1 Å². The van der Waals surface area contributed by atoms with Gasteiger partial charge < -0.3 is 9.47 Å². The molecule has 1 unspecified atom stereocenters. The van der Waals surface area contributed by atoms with Crippen molar-refractivity contribution in [1.29, 1.82) is 0 Å². The maximum absolute atomic E-state index is 13.4. The van der Waals surface area contributed by atoms with E-state index in [1.807, 2.05) is 0 Å². The molecule has 0 saturated carbocycles. The number of hydrogen-bond acceptors (Lipinski definition) is 5. The highest BCUT2D eigenvalue weighted by Gasteiger charge is 2.31. The molecule has 0 aliphatic carbocycles. The van der Waals surface area contributed by atoms with E-state index < -0.39 is 19.1 Å². The molecule has 0 amide bonds. The van der Waals surface area contributed by atoms with Crippen molar-refractivity contribution >= 4 is 82.4 Å². The van der Waals surface area contributed by atoms with Gasteiger partial charge in [-0.2, -0.15) is 0 Å². The summed E-state index contributed by atoms with van der Waals surface area (Å²) >= 11 is 30.7. The van der Waals surface area contributed by atoms with Crippen LogP contribution in [0.1, 0.15) is 26.3 Å². The Morgan fingerprint density at radius 3 is 1.70 bits per heavy atom. The summed E-state index contributed by atoms with van der Waals surface area (Å²) in [4.78, 5) is 26.7. The van der Waals surface area contributed by atoms with E-state index in [1.165, 1.54) is 50.6 Å². The maximum Gasteiger partial charge on any atom is 0.254 e. The number of benzene rings is 3. The van der Waals surface area contributed by atoms with Crippen molar-refractivity contribution in [2.24, 2.45) is 0 Å². The van der Waals surface area contributed by atoms with Crippen molar-refractivity contribution < 1.29 is 23.6 Å². The molecule has 0 aromatic heterocycles. The van der Waals surface area contributed by atoms with Crippen LogP contribution in [0, 0.1) is 0 Å². The number of ketones is 1. The van der Waals surface area contributed by atoms with Gasteiger partial charge in [-0.05, 0) is 24.3 Å². The Labute approximate surface area is 215 Å². The third-order valence-electron chi connectivity index (χ3n) is 4.63. The summed E-state index contributed by atoms with van der Waals surface area (Å²) in [6, 6.07) is 10.6. The minimum Gasteiger partial charge on any atom is -0.496 e. The molecular formula is C22H13Cl5O5P. The van der Waals surface area contributed by atoms with E-state index in [4.69, 9.17) is 67.5 Å². The lowest BCUT2D eigenvalue weighted by molar-refractivity contribution is 0.103. The van der Waals surface area contributed by atoms with Crippen molar-refractivity contribution in [2.75, 3.05) is 14.2 Å². The van der Waals surface area contributed by atoms with Crippen LogP contribution in [-0.2, 0) is 4.57 Å². The molecule has 3 rings (SSSR count). The highest BCUT2D eigenvalue weighted by Crippen LogP contribution is 2.45. The van der Waals surface area contributed by atoms with Gasteiger partial charge in [0.1, 0.15) is 17.1 Å². The van der Waals surface area contributed by atoms with Crippen molar-refractivity contribution in [3.05, 3.63) is 84.3 Å². The summed E-state index contributed by atoms with van der Waals surface area (Å²) in [7, 11) is -0.0511. The number of ether oxygens (including phenoxy) is 2. The minimum atomic E-state index is -2.79. The zero-order valence-corrected chi connectivity index (χ0v) is 21.6. The molecule has 0 spiro atoms. The molecule has 1 atom stereocenters. The Morgan fingerprint density at radius 2 is 1.18 bits per heavy atom. The highest BCUT2D eigenvalue weighted by molar-refractivity contribution is 7.71. The molecule has 3 aromatic rings. The summed E-state index contributed by atoms with van der Waals surface area (Å²) in [5, 5.41) is -0.902. The molecular weight excluding hydrogens is 552 g/mol. The topological polar surface area (TPSA) is 69.7 Å². The third-order valence-corrected chi connectivity index (χ3v) is 8.33. The normalized spacial score (nSPS) is 11.2. The standard InChI is InChI=1S/C22H13Cl5O5P/c1-31-11-7-5-8-12(32-2)14(11)22(29)33(30)13-9-4-3-6-10(13)21(28)15-16(23)18(25)20(27)19(26)17(15)24/h3-9H,1-2H3. The second kappa shape index (κ2) is 10.6. The number of carbonyl (C=O) groups is 2. The molecule has 0 bridgehead atoms. The van der Waals surface area contributed by atoms with E-state index in [9.17, 15) is 14.2 Å². The quantitative estimate of drug-likeness (QED) is 0.128. The third kappa shape index (κ3) is 4.72. The zero-order valence-electron chi connectivity index (χ0n) is 16.9. The number of rotatable bonds is 7. The molecule has 171 valence electrons. The Morgan fingerprint density at radius 1 is 0.697 bits per heavy atom. The summed E-state index contributed by atoms with van der Waals surface area (Å²) in [6.07, 6.45) is 0. The van der Waals surface area contributed by atoms with Crippen LogP contribution in [0.4, 0.5) is 0 Å². The first-order chi connectivity index (χ1) is 15.6. The van der Waals surface area contributed by atoms with Crippen molar-refractivity contribution in [2.45, 2.75) is 0 Å². The Bertz CT molecular complexity index is 1260. The second-order valence-corrected chi connectivity index (χ2v) is 9.79. The van der Waals surface area contributed by atoms with E-state index in [2.05, 4.69) is 0 Å². The fourth-order valence-corrected chi connectivity index (χ4v) is 5.62. The smallest absolute Gasteiger partial charge is 0.254 e. The maximum atomic E-state index is 13.4. The van der Waals surface area contributed by atoms with Crippen LogP contribution in [-0.4, -0.2) is 25.5 Å². The van der Waals surface area contributed by atoms with Gasteiger partial charge >= 0.3 is 0 Å². The molecule has 5 nitrogen and oxygen atoms in total. The largest absolute Gasteiger partial charge is 0.496 e. The number of carbonyl (C=O) groups excluding carboxylic acids is 2. The van der Waals surface area contributed by atoms with E-state index in [1.54, 1.807) is 6.07 Å². The van der Waals surface area contributed by atoms with Crippen LogP contribution in [0.25, 0.3) is 0 Å². The highest BCUT2D eigenvalue weighted by atomic mass is 35.5. The average Bonchev–Trinajstić information content (AvgIpc) is 2.84. The number of hydrogen-bond donors (Lipinski definition) is 0. The number of halogens is 5. The summed E-state index contributed by atoms with van der Waals surface area (Å²) in [5.41, 5.74) is -1.10. The van der Waals surface area contributed by atoms with Gasteiger partial charge in [-0.15, -0.1) is 0 Å². The lowest BCUT2D eigenvalue weighted by Gasteiger charge is -2.14. The summed E-state index contributed by atoms with van der Waals surface area (Å²) in [5.74, 6) is -0.382. The fourth-order valence-electron chi connectivity index (χ4n) is 3.05. The summed E-state index contributed by atoms with van der Waals surface area (Å²) in [6.45, 7) is 0. The first-order valence-electron chi connectivity index (χ1n) is 9.03. The molecule has 0 fully saturated rings. The Hall–Kier alpha value is -1.85. The van der Waals surface area contributed by atoms with Crippen molar-refractivity contribution in [1.82, 2.24) is 0 Å². The lowest BCUT2D eigenvalue weighted by atomic mass is 10.0. The van der Waals surface area contributed by atoms with Crippen LogP contribution in [0.3, 0.4) is 0 Å². The first-order valence-corrected chi connectivity index (χ1v) is 12.2. The molecule has 0 N–H and O–H groups in total. The predicted molar refractivity (Wildman–Crippen MR) is 132 cm³/mol. The van der Waals surface area contributed by atoms with E-state index in [0.29, 0.717) is 0 Å². The van der Waals surface area contributed by atoms with Gasteiger partial charge in [0.2, 0.25) is 0 Å². The van der Waals surface area contributed by atoms with Gasteiger partial charge in [-0.1, -0.05) is 76.2 Å². The predicted octanol–water partition coefficient (Wildman–Crippen LogP) is 7.49. The van der Waals surface area contributed by atoms with E-state index in [0.717, 1.165) is 0 Å². The van der Waals surface area contributed by atoms with Crippen molar-refractivity contribution in [3.63, 3.8) is 0 Å². The van der Waals surface area contributed by atoms with Crippen LogP contribution in [0.15, 0.2) is 42.5 Å². The zero-order chi connectivity index (χ0) is 24.4. The minimum absolute atomic E-state index is 0.0143.